The Balaban J connectivity index is 3.16. The molecule has 1 aromatic rings. The summed E-state index contributed by atoms with van der Waals surface area (Å²) in [5.74, 6) is 0. The molecule has 1 aromatic carbocycles. The zero-order valence-corrected chi connectivity index (χ0v) is 8.25. The SMILES string of the molecule is N#Cc1cc([N+](=O)[O-])ccc1NC(N)=S. The number of nitrogens with zero attached hydrogens (tertiary/aromatic N) is 2. The van der Waals surface area contributed by atoms with Gasteiger partial charge in [-0.2, -0.15) is 5.26 Å². The molecule has 0 aliphatic heterocycles. The summed E-state index contributed by atoms with van der Waals surface area (Å²) in [6.07, 6.45) is 0. The predicted octanol–water partition coefficient (Wildman–Crippen LogP) is 1.12. The maximum absolute atomic E-state index is 10.4. The van der Waals surface area contributed by atoms with Gasteiger partial charge in [-0.15, -0.1) is 0 Å². The van der Waals surface area contributed by atoms with E-state index in [9.17, 15) is 10.1 Å². The summed E-state index contributed by atoms with van der Waals surface area (Å²) in [4.78, 5) is 9.85. The molecule has 0 aliphatic carbocycles. The first-order valence-electron chi connectivity index (χ1n) is 3.79. The number of hydrogen-bond donors (Lipinski definition) is 2. The van der Waals surface area contributed by atoms with Crippen molar-refractivity contribution in [3.8, 4) is 6.07 Å². The molecule has 0 bridgehead atoms. The number of nitro groups is 1. The lowest BCUT2D eigenvalue weighted by Crippen LogP contribution is -2.19. The number of rotatable bonds is 2. The van der Waals surface area contributed by atoms with E-state index in [2.05, 4.69) is 17.5 Å². The van der Waals surface area contributed by atoms with Crippen LogP contribution >= 0.6 is 12.2 Å². The maximum atomic E-state index is 10.4. The number of non-ortho nitro benzene ring substituents is 1. The van der Waals surface area contributed by atoms with E-state index in [1.165, 1.54) is 12.1 Å². The Hall–Kier alpha value is -2.20. The van der Waals surface area contributed by atoms with Gasteiger partial charge in [-0.05, 0) is 18.3 Å². The van der Waals surface area contributed by atoms with Crippen molar-refractivity contribution in [3.63, 3.8) is 0 Å². The van der Waals surface area contributed by atoms with Crippen LogP contribution in [0, 0.1) is 21.4 Å². The Labute approximate surface area is 90.5 Å². The summed E-state index contributed by atoms with van der Waals surface area (Å²) in [6.45, 7) is 0. The summed E-state index contributed by atoms with van der Waals surface area (Å²) in [5.41, 5.74) is 5.55. The molecule has 0 fully saturated rings. The van der Waals surface area contributed by atoms with Crippen molar-refractivity contribution in [1.29, 1.82) is 5.26 Å². The van der Waals surface area contributed by atoms with E-state index >= 15 is 0 Å². The van der Waals surface area contributed by atoms with E-state index in [1.807, 2.05) is 6.07 Å². The molecule has 0 amide bonds. The Morgan fingerprint density at radius 1 is 1.67 bits per heavy atom. The molecule has 0 aliphatic rings. The van der Waals surface area contributed by atoms with Crippen LogP contribution in [0.5, 0.6) is 0 Å². The van der Waals surface area contributed by atoms with E-state index in [0.717, 1.165) is 6.07 Å². The number of thiocarbonyl (C=S) groups is 1. The van der Waals surface area contributed by atoms with Gasteiger partial charge in [0.05, 0.1) is 16.2 Å². The van der Waals surface area contributed by atoms with Crippen molar-refractivity contribution in [2.75, 3.05) is 5.32 Å². The highest BCUT2D eigenvalue weighted by atomic mass is 32.1. The molecule has 15 heavy (non-hydrogen) atoms. The lowest BCUT2D eigenvalue weighted by Gasteiger charge is -2.04. The first-order valence-corrected chi connectivity index (χ1v) is 4.20. The molecule has 0 saturated heterocycles. The van der Waals surface area contributed by atoms with Crippen molar-refractivity contribution in [3.05, 3.63) is 33.9 Å². The number of anilines is 1. The number of nitrogens with two attached hydrogens (primary N) is 1. The van der Waals surface area contributed by atoms with Gasteiger partial charge in [-0.1, -0.05) is 0 Å². The molecular weight excluding hydrogens is 216 g/mol. The lowest BCUT2D eigenvalue weighted by atomic mass is 10.2. The standard InChI is InChI=1S/C8H6N4O2S/c9-4-5-3-6(12(13)14)1-2-7(5)11-8(10)15/h1-3H,(H3,10,11,15). The predicted molar refractivity (Wildman–Crippen MR) is 58.2 cm³/mol. The second-order valence-electron chi connectivity index (χ2n) is 2.59. The first-order chi connectivity index (χ1) is 7.04. The molecule has 6 nitrogen and oxygen atoms in total. The van der Waals surface area contributed by atoms with Gasteiger partial charge in [0.15, 0.2) is 5.11 Å². The third-order valence-electron chi connectivity index (χ3n) is 1.59. The summed E-state index contributed by atoms with van der Waals surface area (Å²) in [5, 5.41) is 21.7. The van der Waals surface area contributed by atoms with Crippen LogP contribution in [0.25, 0.3) is 0 Å². The summed E-state index contributed by atoms with van der Waals surface area (Å²) in [6, 6.07) is 5.62. The van der Waals surface area contributed by atoms with Crippen molar-refractivity contribution >= 4 is 28.7 Å². The van der Waals surface area contributed by atoms with E-state index in [1.54, 1.807) is 0 Å². The van der Waals surface area contributed by atoms with Crippen LogP contribution in [0.2, 0.25) is 0 Å². The van der Waals surface area contributed by atoms with Crippen LogP contribution < -0.4 is 11.1 Å². The van der Waals surface area contributed by atoms with Gasteiger partial charge in [0.1, 0.15) is 6.07 Å². The van der Waals surface area contributed by atoms with Crippen LogP contribution in [0.3, 0.4) is 0 Å². The van der Waals surface area contributed by atoms with Gasteiger partial charge < -0.3 is 11.1 Å². The average molecular weight is 222 g/mol. The molecule has 3 N–H and O–H groups in total. The Morgan fingerprint density at radius 2 is 2.33 bits per heavy atom. The third kappa shape index (κ3) is 2.62. The number of nitriles is 1. The van der Waals surface area contributed by atoms with Crippen molar-refractivity contribution in [1.82, 2.24) is 0 Å². The summed E-state index contributed by atoms with van der Waals surface area (Å²) < 4.78 is 0. The second kappa shape index (κ2) is 4.34. The molecular formula is C8H6N4O2S. The minimum Gasteiger partial charge on any atom is -0.376 e. The van der Waals surface area contributed by atoms with Crippen molar-refractivity contribution in [2.45, 2.75) is 0 Å². The fourth-order valence-corrected chi connectivity index (χ4v) is 1.09. The number of benzene rings is 1. The van der Waals surface area contributed by atoms with Gasteiger partial charge in [0, 0.05) is 12.1 Å². The van der Waals surface area contributed by atoms with Crippen LogP contribution in [-0.4, -0.2) is 10.0 Å². The second-order valence-corrected chi connectivity index (χ2v) is 3.03. The fourth-order valence-electron chi connectivity index (χ4n) is 0.980. The molecule has 76 valence electrons. The minimum atomic E-state index is -0.578. The van der Waals surface area contributed by atoms with Gasteiger partial charge in [0.25, 0.3) is 5.69 Å². The zero-order chi connectivity index (χ0) is 11.4. The largest absolute Gasteiger partial charge is 0.376 e. The monoisotopic (exact) mass is 222 g/mol. The van der Waals surface area contributed by atoms with E-state index in [0.29, 0.717) is 5.69 Å². The van der Waals surface area contributed by atoms with Gasteiger partial charge in [-0.25, -0.2) is 0 Å². The Bertz CT molecular complexity index is 466. The quantitative estimate of drug-likeness (QED) is 0.441. The topological polar surface area (TPSA) is 105 Å². The molecule has 0 aromatic heterocycles. The third-order valence-corrected chi connectivity index (χ3v) is 1.69. The fraction of sp³-hybridized carbons (Fsp3) is 0. The van der Waals surface area contributed by atoms with Crippen LogP contribution in [-0.2, 0) is 0 Å². The minimum absolute atomic E-state index is 0.000327. The molecule has 0 saturated carbocycles. The van der Waals surface area contributed by atoms with E-state index < -0.39 is 4.92 Å². The van der Waals surface area contributed by atoms with E-state index in [-0.39, 0.29) is 16.4 Å². The van der Waals surface area contributed by atoms with Crippen LogP contribution in [0.1, 0.15) is 5.56 Å². The first kappa shape index (κ1) is 10.9. The van der Waals surface area contributed by atoms with Crippen LogP contribution in [0.15, 0.2) is 18.2 Å². The number of nitrogens with one attached hydrogen (secondary N) is 1. The maximum Gasteiger partial charge on any atom is 0.270 e. The summed E-state index contributed by atoms with van der Waals surface area (Å²) in [7, 11) is 0. The number of hydrogen-bond acceptors (Lipinski definition) is 4. The molecule has 7 heteroatoms. The van der Waals surface area contributed by atoms with Crippen molar-refractivity contribution < 1.29 is 4.92 Å². The molecule has 0 spiro atoms. The van der Waals surface area contributed by atoms with E-state index in [4.69, 9.17) is 11.0 Å². The normalized spacial score (nSPS) is 9.00. The lowest BCUT2D eigenvalue weighted by molar-refractivity contribution is -0.384. The highest BCUT2D eigenvalue weighted by molar-refractivity contribution is 7.80. The highest BCUT2D eigenvalue weighted by Gasteiger charge is 2.10. The molecule has 0 radical (unpaired) electrons. The zero-order valence-electron chi connectivity index (χ0n) is 7.43. The van der Waals surface area contributed by atoms with Gasteiger partial charge in [0.2, 0.25) is 0 Å². The van der Waals surface area contributed by atoms with Gasteiger partial charge >= 0.3 is 0 Å². The average Bonchev–Trinajstić information content (AvgIpc) is 2.17. The molecule has 0 heterocycles. The Morgan fingerprint density at radius 3 is 2.80 bits per heavy atom. The molecule has 0 atom stereocenters. The number of nitro benzene ring substituents is 1. The van der Waals surface area contributed by atoms with Crippen molar-refractivity contribution in [2.24, 2.45) is 5.73 Å². The molecule has 1 rings (SSSR count). The molecule has 0 unspecified atom stereocenters. The summed E-state index contributed by atoms with van der Waals surface area (Å²) >= 11 is 4.59. The van der Waals surface area contributed by atoms with Gasteiger partial charge in [-0.3, -0.25) is 10.1 Å². The van der Waals surface area contributed by atoms with Crippen LogP contribution in [0.4, 0.5) is 11.4 Å². The highest BCUT2D eigenvalue weighted by Crippen LogP contribution is 2.20. The smallest absolute Gasteiger partial charge is 0.270 e. The Kier molecular flexibility index (Phi) is 3.15.